The van der Waals surface area contributed by atoms with E-state index in [4.69, 9.17) is 9.47 Å². The third kappa shape index (κ3) is 4.95. The summed E-state index contributed by atoms with van der Waals surface area (Å²) in [6, 6.07) is 23.0. The zero-order valence-corrected chi connectivity index (χ0v) is 18.3. The van der Waals surface area contributed by atoms with E-state index in [9.17, 15) is 14.9 Å². The minimum atomic E-state index is -0.612. The molecule has 0 fully saturated rings. The molecule has 0 aliphatic carbocycles. The molecule has 8 nitrogen and oxygen atoms in total. The number of carbonyl (C=O) groups is 1. The van der Waals surface area contributed by atoms with Crippen LogP contribution in [0.3, 0.4) is 0 Å². The Balaban J connectivity index is 1.72. The topological polar surface area (TPSA) is 106 Å². The van der Waals surface area contributed by atoms with Crippen molar-refractivity contribution in [3.63, 3.8) is 0 Å². The van der Waals surface area contributed by atoms with Crippen molar-refractivity contribution < 1.29 is 14.3 Å². The summed E-state index contributed by atoms with van der Waals surface area (Å²) in [4.78, 5) is 30.3. The first-order valence-corrected chi connectivity index (χ1v) is 10.4. The van der Waals surface area contributed by atoms with Crippen LogP contribution in [0.5, 0.6) is 17.4 Å². The van der Waals surface area contributed by atoms with Crippen LogP contribution in [-0.2, 0) is 11.3 Å². The molecule has 0 aliphatic rings. The van der Waals surface area contributed by atoms with Gasteiger partial charge in [0.1, 0.15) is 34.4 Å². The number of fused-ring (bicyclic) bond motifs is 1. The van der Waals surface area contributed by atoms with Crippen molar-refractivity contribution in [3.05, 3.63) is 106 Å². The fourth-order valence-electron chi connectivity index (χ4n) is 3.21. The van der Waals surface area contributed by atoms with Gasteiger partial charge < -0.3 is 14.8 Å². The second-order valence-corrected chi connectivity index (χ2v) is 7.18. The first-order chi connectivity index (χ1) is 16.6. The predicted octanol–water partition coefficient (Wildman–Crippen LogP) is 3.72. The number of benzene rings is 2. The molecule has 0 bridgehead atoms. The van der Waals surface area contributed by atoms with Crippen LogP contribution in [0, 0.1) is 11.3 Å². The molecular formula is C26H20N4O4. The third-order valence-electron chi connectivity index (χ3n) is 4.96. The molecule has 2 aromatic heterocycles. The number of nitrogens with zero attached hydrogens (tertiary/aromatic N) is 3. The van der Waals surface area contributed by atoms with Gasteiger partial charge in [0.05, 0.1) is 7.11 Å². The number of nitriles is 1. The zero-order valence-electron chi connectivity index (χ0n) is 18.3. The molecule has 1 N–H and O–H groups in total. The third-order valence-corrected chi connectivity index (χ3v) is 4.96. The molecular weight excluding hydrogens is 432 g/mol. The summed E-state index contributed by atoms with van der Waals surface area (Å²) in [7, 11) is 1.55. The normalized spacial score (nSPS) is 11.0. The number of methoxy groups -OCH3 is 1. The Morgan fingerprint density at radius 2 is 1.76 bits per heavy atom. The molecule has 0 unspecified atom stereocenters. The molecule has 2 heterocycles. The molecule has 0 saturated heterocycles. The lowest BCUT2D eigenvalue weighted by molar-refractivity contribution is -0.117. The van der Waals surface area contributed by atoms with Crippen molar-refractivity contribution in [2.45, 2.75) is 6.54 Å². The minimum absolute atomic E-state index is 0.0223. The van der Waals surface area contributed by atoms with Gasteiger partial charge in [-0.05, 0) is 48.0 Å². The molecule has 4 aromatic rings. The maximum atomic E-state index is 13.2. The Labute approximate surface area is 195 Å². The van der Waals surface area contributed by atoms with Gasteiger partial charge >= 0.3 is 0 Å². The zero-order chi connectivity index (χ0) is 23.9. The van der Waals surface area contributed by atoms with Gasteiger partial charge in [-0.25, -0.2) is 0 Å². The lowest BCUT2D eigenvalue weighted by atomic mass is 10.1. The van der Waals surface area contributed by atoms with Crippen molar-refractivity contribution in [3.8, 4) is 23.4 Å². The Kier molecular flexibility index (Phi) is 6.65. The van der Waals surface area contributed by atoms with E-state index in [0.717, 1.165) is 5.56 Å². The maximum Gasteiger partial charge on any atom is 0.269 e. The molecule has 0 atom stereocenters. The van der Waals surface area contributed by atoms with E-state index in [0.29, 0.717) is 17.1 Å². The Hall–Kier alpha value is -4.90. The quantitative estimate of drug-likeness (QED) is 0.338. The molecule has 1 amide bonds. The average molecular weight is 452 g/mol. The predicted molar refractivity (Wildman–Crippen MR) is 126 cm³/mol. The fourth-order valence-corrected chi connectivity index (χ4v) is 3.21. The van der Waals surface area contributed by atoms with Crippen LogP contribution < -0.4 is 20.3 Å². The van der Waals surface area contributed by atoms with E-state index < -0.39 is 11.5 Å². The van der Waals surface area contributed by atoms with Crippen LogP contribution in [0.4, 0.5) is 0 Å². The maximum absolute atomic E-state index is 13.2. The first kappa shape index (κ1) is 22.3. The summed E-state index contributed by atoms with van der Waals surface area (Å²) < 4.78 is 12.4. The highest BCUT2D eigenvalue weighted by atomic mass is 16.5. The van der Waals surface area contributed by atoms with Crippen molar-refractivity contribution >= 4 is 17.6 Å². The van der Waals surface area contributed by atoms with Crippen molar-refractivity contribution in [2.24, 2.45) is 0 Å². The van der Waals surface area contributed by atoms with Crippen molar-refractivity contribution in [2.75, 3.05) is 7.11 Å². The summed E-state index contributed by atoms with van der Waals surface area (Å²) in [5.41, 5.74) is 0.498. The largest absolute Gasteiger partial charge is 0.497 e. The lowest BCUT2D eigenvalue weighted by Crippen LogP contribution is -2.25. The van der Waals surface area contributed by atoms with E-state index >= 15 is 0 Å². The van der Waals surface area contributed by atoms with Crippen LogP contribution in [0.1, 0.15) is 11.1 Å². The molecule has 2 aromatic carbocycles. The number of nitrogens with one attached hydrogen (secondary N) is 1. The summed E-state index contributed by atoms with van der Waals surface area (Å²) in [6.45, 7) is 0.239. The fraction of sp³-hybridized carbons (Fsp3) is 0.0769. The van der Waals surface area contributed by atoms with E-state index in [2.05, 4.69) is 10.3 Å². The highest BCUT2D eigenvalue weighted by molar-refractivity contribution is 6.01. The number of hydrogen-bond donors (Lipinski definition) is 1. The number of pyridine rings is 1. The van der Waals surface area contributed by atoms with Gasteiger partial charge in [-0.3, -0.25) is 14.0 Å². The van der Waals surface area contributed by atoms with Crippen LogP contribution in [0.25, 0.3) is 11.7 Å². The summed E-state index contributed by atoms with van der Waals surface area (Å²) in [5, 5.41) is 12.3. The van der Waals surface area contributed by atoms with E-state index in [-0.39, 0.29) is 23.6 Å². The Morgan fingerprint density at radius 3 is 2.47 bits per heavy atom. The Bertz CT molecular complexity index is 1450. The molecule has 34 heavy (non-hydrogen) atoms. The summed E-state index contributed by atoms with van der Waals surface area (Å²) >= 11 is 0. The van der Waals surface area contributed by atoms with E-state index in [1.807, 2.05) is 36.4 Å². The smallest absolute Gasteiger partial charge is 0.269 e. The monoisotopic (exact) mass is 452 g/mol. The standard InChI is InChI=1S/C26H20N4O4/c1-33-20-10-12-21(13-11-20)34-25-22(26(32)30-14-6-5-9-23(30)29-25)15-19(16-27)24(31)28-17-18-7-3-2-4-8-18/h2-15H,17H2,1H3,(H,28,31). The van der Waals surface area contributed by atoms with Crippen LogP contribution in [0.2, 0.25) is 0 Å². The Morgan fingerprint density at radius 1 is 1.06 bits per heavy atom. The molecule has 168 valence electrons. The molecule has 4 rings (SSSR count). The number of hydrogen-bond acceptors (Lipinski definition) is 6. The lowest BCUT2D eigenvalue weighted by Gasteiger charge is -2.11. The second kappa shape index (κ2) is 10.1. The van der Waals surface area contributed by atoms with Gasteiger partial charge in [-0.15, -0.1) is 0 Å². The second-order valence-electron chi connectivity index (χ2n) is 7.18. The molecule has 0 spiro atoms. The number of amides is 1. The molecule has 0 radical (unpaired) electrons. The van der Waals surface area contributed by atoms with Gasteiger partial charge in [0.15, 0.2) is 0 Å². The van der Waals surface area contributed by atoms with E-state index in [1.165, 1.54) is 10.5 Å². The van der Waals surface area contributed by atoms with Gasteiger partial charge in [-0.2, -0.15) is 10.2 Å². The van der Waals surface area contributed by atoms with Gasteiger partial charge in [0.25, 0.3) is 11.5 Å². The SMILES string of the molecule is COc1ccc(Oc2nc3ccccn3c(=O)c2C=C(C#N)C(=O)NCc2ccccc2)cc1. The highest BCUT2D eigenvalue weighted by Crippen LogP contribution is 2.25. The van der Waals surface area contributed by atoms with Gasteiger partial charge in [0, 0.05) is 12.7 Å². The van der Waals surface area contributed by atoms with Gasteiger partial charge in [0.2, 0.25) is 5.88 Å². The molecule has 8 heteroatoms. The number of aromatic nitrogens is 2. The van der Waals surface area contributed by atoms with Crippen molar-refractivity contribution in [1.82, 2.24) is 14.7 Å². The minimum Gasteiger partial charge on any atom is -0.497 e. The van der Waals surface area contributed by atoms with Crippen LogP contribution >= 0.6 is 0 Å². The van der Waals surface area contributed by atoms with Crippen LogP contribution in [-0.4, -0.2) is 22.4 Å². The molecule has 0 saturated carbocycles. The highest BCUT2D eigenvalue weighted by Gasteiger charge is 2.17. The summed E-state index contributed by atoms with van der Waals surface area (Å²) in [5.74, 6) is 0.416. The summed E-state index contributed by atoms with van der Waals surface area (Å²) in [6.07, 6.45) is 2.76. The average Bonchev–Trinajstić information content (AvgIpc) is 2.88. The van der Waals surface area contributed by atoms with Crippen LogP contribution in [0.15, 0.2) is 89.4 Å². The first-order valence-electron chi connectivity index (χ1n) is 10.4. The van der Waals surface area contributed by atoms with E-state index in [1.54, 1.807) is 55.8 Å². The van der Waals surface area contributed by atoms with Gasteiger partial charge in [-0.1, -0.05) is 36.4 Å². The number of ether oxygens (including phenoxy) is 2. The number of carbonyl (C=O) groups excluding carboxylic acids is 1. The van der Waals surface area contributed by atoms with Crippen molar-refractivity contribution in [1.29, 1.82) is 5.26 Å². The number of rotatable bonds is 7. The molecule has 0 aliphatic heterocycles.